The first kappa shape index (κ1) is 22.3. The number of nitrogens with one attached hydrogen (secondary N) is 1. The summed E-state index contributed by atoms with van der Waals surface area (Å²) in [5.74, 6) is -0.0132. The van der Waals surface area contributed by atoms with E-state index in [1.165, 1.54) is 7.11 Å². The van der Waals surface area contributed by atoms with Crippen molar-refractivity contribution in [2.24, 2.45) is 0 Å². The lowest BCUT2D eigenvalue weighted by Crippen LogP contribution is -2.40. The van der Waals surface area contributed by atoms with Crippen LogP contribution in [0.4, 0.5) is 5.69 Å². The number of aliphatic hydroxyl groups is 1. The van der Waals surface area contributed by atoms with E-state index in [0.29, 0.717) is 29.2 Å². The van der Waals surface area contributed by atoms with Crippen LogP contribution in [0.1, 0.15) is 37.5 Å². The molecule has 5 nitrogen and oxygen atoms in total. The van der Waals surface area contributed by atoms with Crippen LogP contribution in [-0.4, -0.2) is 26.4 Å². The standard InChI is InChI=1S/C22H28INO4Si/c1-21(2,3)29(5,6)28-13-14-7-10-19(27-4)17(11-14)22(26)16-12-15(23)8-9-18(16)24-20(22)25/h7-12,26H,13H2,1-6H3,(H,24,25). The molecule has 0 fully saturated rings. The van der Waals surface area contributed by atoms with E-state index in [4.69, 9.17) is 9.16 Å². The van der Waals surface area contributed by atoms with Crippen LogP contribution in [0.3, 0.4) is 0 Å². The summed E-state index contributed by atoms with van der Waals surface area (Å²) in [5.41, 5.74) is 0.660. The van der Waals surface area contributed by atoms with Crippen LogP contribution in [0.5, 0.6) is 5.75 Å². The third-order valence-corrected chi connectivity index (χ3v) is 11.2. The first-order chi connectivity index (χ1) is 13.4. The van der Waals surface area contributed by atoms with E-state index in [9.17, 15) is 9.90 Å². The molecule has 156 valence electrons. The summed E-state index contributed by atoms with van der Waals surface area (Å²) >= 11 is 2.17. The normalized spacial score (nSPS) is 19.1. The number of anilines is 1. The summed E-state index contributed by atoms with van der Waals surface area (Å²) in [6.07, 6.45) is 0. The Hall–Kier alpha value is -1.42. The lowest BCUT2D eigenvalue weighted by Gasteiger charge is -2.36. The summed E-state index contributed by atoms with van der Waals surface area (Å²) in [7, 11) is -0.392. The van der Waals surface area contributed by atoms with Gasteiger partial charge in [0.15, 0.2) is 13.9 Å². The predicted molar refractivity (Wildman–Crippen MR) is 126 cm³/mol. The fourth-order valence-corrected chi connectivity index (χ4v) is 4.59. The van der Waals surface area contributed by atoms with Crippen LogP contribution in [-0.2, 0) is 21.4 Å². The van der Waals surface area contributed by atoms with Crippen molar-refractivity contribution >= 4 is 42.5 Å². The molecule has 29 heavy (non-hydrogen) atoms. The van der Waals surface area contributed by atoms with Gasteiger partial charge in [-0.3, -0.25) is 4.79 Å². The molecule has 0 aromatic heterocycles. The van der Waals surface area contributed by atoms with Crippen molar-refractivity contribution in [3.63, 3.8) is 0 Å². The van der Waals surface area contributed by atoms with Gasteiger partial charge in [0.25, 0.3) is 5.91 Å². The lowest BCUT2D eigenvalue weighted by molar-refractivity contribution is -0.129. The number of fused-ring (bicyclic) bond motifs is 1. The van der Waals surface area contributed by atoms with Gasteiger partial charge in [-0.25, -0.2) is 0 Å². The quantitative estimate of drug-likeness (QED) is 0.426. The number of methoxy groups -OCH3 is 1. The van der Waals surface area contributed by atoms with Gasteiger partial charge in [-0.2, -0.15) is 0 Å². The fourth-order valence-electron chi connectivity index (χ4n) is 3.14. The minimum Gasteiger partial charge on any atom is -0.496 e. The van der Waals surface area contributed by atoms with Gasteiger partial charge in [0.2, 0.25) is 0 Å². The van der Waals surface area contributed by atoms with Crippen LogP contribution < -0.4 is 10.1 Å². The zero-order valence-corrected chi connectivity index (χ0v) is 20.9. The first-order valence-electron chi connectivity index (χ1n) is 9.55. The van der Waals surface area contributed by atoms with Crippen molar-refractivity contribution in [1.82, 2.24) is 0 Å². The zero-order valence-electron chi connectivity index (χ0n) is 17.7. The molecule has 2 aromatic carbocycles. The molecule has 0 saturated heterocycles. The molecule has 0 saturated carbocycles. The Morgan fingerprint density at radius 1 is 1.14 bits per heavy atom. The van der Waals surface area contributed by atoms with Gasteiger partial charge >= 0.3 is 0 Å². The Labute approximate surface area is 187 Å². The largest absolute Gasteiger partial charge is 0.496 e. The molecule has 0 spiro atoms. The topological polar surface area (TPSA) is 67.8 Å². The summed E-state index contributed by atoms with van der Waals surface area (Å²) < 4.78 is 12.8. The molecule has 1 heterocycles. The Balaban J connectivity index is 2.03. The van der Waals surface area contributed by atoms with Crippen LogP contribution in [0.15, 0.2) is 36.4 Å². The van der Waals surface area contributed by atoms with Gasteiger partial charge in [-0.15, -0.1) is 0 Å². The number of carbonyl (C=O) groups excluding carboxylic acids is 1. The molecule has 0 bridgehead atoms. The highest BCUT2D eigenvalue weighted by atomic mass is 127. The van der Waals surface area contributed by atoms with Crippen molar-refractivity contribution in [2.45, 2.75) is 51.1 Å². The molecule has 1 amide bonds. The molecule has 2 aromatic rings. The maximum Gasteiger partial charge on any atom is 0.266 e. The number of amides is 1. The molecule has 7 heteroatoms. The van der Waals surface area contributed by atoms with E-state index in [2.05, 4.69) is 61.8 Å². The monoisotopic (exact) mass is 525 g/mol. The zero-order chi connectivity index (χ0) is 21.6. The molecule has 2 N–H and O–H groups in total. The van der Waals surface area contributed by atoms with E-state index in [0.717, 1.165) is 9.13 Å². The molecule has 0 radical (unpaired) electrons. The van der Waals surface area contributed by atoms with Crippen molar-refractivity contribution in [3.05, 3.63) is 56.7 Å². The van der Waals surface area contributed by atoms with Crippen molar-refractivity contribution in [2.75, 3.05) is 12.4 Å². The van der Waals surface area contributed by atoms with Crippen molar-refractivity contribution in [1.29, 1.82) is 0 Å². The minimum absolute atomic E-state index is 0.0987. The number of hydrogen-bond acceptors (Lipinski definition) is 4. The molecule has 1 aliphatic heterocycles. The van der Waals surface area contributed by atoms with E-state index < -0.39 is 19.8 Å². The fraction of sp³-hybridized carbons (Fsp3) is 0.409. The van der Waals surface area contributed by atoms with Gasteiger partial charge in [0.1, 0.15) is 5.75 Å². The number of benzene rings is 2. The highest BCUT2D eigenvalue weighted by molar-refractivity contribution is 14.1. The van der Waals surface area contributed by atoms with E-state index in [1.54, 1.807) is 6.07 Å². The number of hydrogen-bond donors (Lipinski definition) is 2. The highest BCUT2D eigenvalue weighted by Crippen LogP contribution is 2.45. The Kier molecular flexibility index (Phi) is 5.90. The van der Waals surface area contributed by atoms with Gasteiger partial charge in [-0.05, 0) is 76.6 Å². The average Bonchev–Trinajstić information content (AvgIpc) is 2.90. The number of carbonyl (C=O) groups is 1. The Morgan fingerprint density at radius 3 is 2.45 bits per heavy atom. The van der Waals surface area contributed by atoms with Crippen LogP contribution in [0, 0.1) is 3.57 Å². The Bertz CT molecular complexity index is 954. The molecule has 0 aliphatic carbocycles. The molecule has 1 unspecified atom stereocenters. The average molecular weight is 525 g/mol. The van der Waals surface area contributed by atoms with Gasteiger partial charge in [0.05, 0.1) is 13.7 Å². The van der Waals surface area contributed by atoms with Gasteiger partial charge < -0.3 is 19.6 Å². The second-order valence-electron chi connectivity index (χ2n) is 8.94. The molecule has 1 atom stereocenters. The van der Waals surface area contributed by atoms with Crippen LogP contribution >= 0.6 is 22.6 Å². The lowest BCUT2D eigenvalue weighted by atomic mass is 9.86. The molecular weight excluding hydrogens is 497 g/mol. The van der Waals surface area contributed by atoms with Gasteiger partial charge in [0, 0.05) is 20.4 Å². The Morgan fingerprint density at radius 2 is 1.83 bits per heavy atom. The summed E-state index contributed by atoms with van der Waals surface area (Å²) in [5, 5.41) is 14.5. The molecule has 1 aliphatic rings. The van der Waals surface area contributed by atoms with E-state index >= 15 is 0 Å². The smallest absolute Gasteiger partial charge is 0.266 e. The minimum atomic E-state index is -1.93. The number of rotatable bonds is 5. The maximum atomic E-state index is 12.8. The van der Waals surface area contributed by atoms with E-state index in [-0.39, 0.29) is 5.04 Å². The SMILES string of the molecule is COc1ccc(CO[Si](C)(C)C(C)(C)C)cc1C1(O)C(=O)Nc2ccc(I)cc21. The second kappa shape index (κ2) is 7.68. The summed E-state index contributed by atoms with van der Waals surface area (Å²) in [6, 6.07) is 11.1. The van der Waals surface area contributed by atoms with Crippen LogP contribution in [0.2, 0.25) is 18.1 Å². The highest BCUT2D eigenvalue weighted by Gasteiger charge is 2.48. The van der Waals surface area contributed by atoms with Crippen molar-refractivity contribution < 1.29 is 19.1 Å². The third kappa shape index (κ3) is 3.97. The maximum absolute atomic E-state index is 12.8. The molecule has 3 rings (SSSR count). The van der Waals surface area contributed by atoms with Gasteiger partial charge in [-0.1, -0.05) is 26.8 Å². The summed E-state index contributed by atoms with van der Waals surface area (Å²) in [6.45, 7) is 11.4. The van der Waals surface area contributed by atoms with E-state index in [1.807, 2.05) is 30.3 Å². The first-order valence-corrected chi connectivity index (χ1v) is 13.5. The summed E-state index contributed by atoms with van der Waals surface area (Å²) in [4.78, 5) is 12.8. The third-order valence-electron chi connectivity index (χ3n) is 6.01. The molecular formula is C22H28INO4Si. The van der Waals surface area contributed by atoms with Crippen molar-refractivity contribution in [3.8, 4) is 5.75 Å². The predicted octanol–water partition coefficient (Wildman–Crippen LogP) is 5.01. The number of ether oxygens (including phenoxy) is 1. The number of halogens is 1. The second-order valence-corrected chi connectivity index (χ2v) is 15.0. The van der Waals surface area contributed by atoms with Crippen LogP contribution in [0.25, 0.3) is 0 Å².